The van der Waals surface area contributed by atoms with Gasteiger partial charge in [-0.05, 0) is 18.6 Å². The summed E-state index contributed by atoms with van der Waals surface area (Å²) in [4.78, 5) is 10.3. The Morgan fingerprint density at radius 1 is 1.36 bits per heavy atom. The summed E-state index contributed by atoms with van der Waals surface area (Å²) in [6, 6.07) is 4.08. The van der Waals surface area contributed by atoms with Crippen molar-refractivity contribution in [1.29, 1.82) is 0 Å². The van der Waals surface area contributed by atoms with Crippen LogP contribution >= 0.6 is 23.4 Å². The number of thioether (sulfide) groups is 1. The van der Waals surface area contributed by atoms with Crippen LogP contribution in [0.3, 0.4) is 0 Å². The van der Waals surface area contributed by atoms with E-state index in [0.29, 0.717) is 0 Å². The molecule has 2 heterocycles. The van der Waals surface area contributed by atoms with Gasteiger partial charge in [0.05, 0.1) is 21.7 Å². The van der Waals surface area contributed by atoms with Gasteiger partial charge in [0, 0.05) is 45.6 Å². The molecular formula is C15H21ClN4OS. The third-order valence-electron chi connectivity index (χ3n) is 3.72. The second kappa shape index (κ2) is 7.55. The number of anilines is 1. The lowest BCUT2D eigenvalue weighted by Crippen LogP contribution is -2.43. The lowest BCUT2D eigenvalue weighted by atomic mass is 10.2. The Labute approximate surface area is 139 Å². The molecule has 2 N–H and O–H groups in total. The van der Waals surface area contributed by atoms with Gasteiger partial charge in [0.25, 0.3) is 0 Å². The number of hydrogen-bond acceptors (Lipinski definition) is 5. The van der Waals surface area contributed by atoms with E-state index >= 15 is 0 Å². The zero-order valence-electron chi connectivity index (χ0n) is 12.7. The molecule has 0 amide bonds. The second-order valence-electron chi connectivity index (χ2n) is 5.29. The predicted molar refractivity (Wildman–Crippen MR) is 93.4 cm³/mol. The van der Waals surface area contributed by atoms with Gasteiger partial charge in [0.2, 0.25) is 0 Å². The van der Waals surface area contributed by atoms with Gasteiger partial charge in [-0.15, -0.1) is 0 Å². The fraction of sp³-hybridized carbons (Fsp3) is 0.533. The lowest BCUT2D eigenvalue weighted by Gasteiger charge is -2.30. The molecule has 1 aromatic heterocycles. The average molecular weight is 341 g/mol. The molecule has 0 radical (unpaired) electrons. The Bertz CT molecular complexity index is 627. The summed E-state index contributed by atoms with van der Waals surface area (Å²) in [7, 11) is 1.73. The number of hydrogen-bond donors (Lipinski definition) is 2. The van der Waals surface area contributed by atoms with E-state index in [0.717, 1.165) is 71.9 Å². The Morgan fingerprint density at radius 2 is 2.18 bits per heavy atom. The van der Waals surface area contributed by atoms with Gasteiger partial charge in [-0.3, -0.25) is 0 Å². The van der Waals surface area contributed by atoms with Gasteiger partial charge in [0.1, 0.15) is 0 Å². The van der Waals surface area contributed by atoms with Gasteiger partial charge in [0.15, 0.2) is 5.16 Å². The van der Waals surface area contributed by atoms with Crippen LogP contribution in [-0.4, -0.2) is 55.6 Å². The molecule has 0 unspecified atom stereocenters. The van der Waals surface area contributed by atoms with Crippen LogP contribution in [0.4, 0.5) is 5.69 Å². The molecule has 1 aliphatic heterocycles. The summed E-state index contributed by atoms with van der Waals surface area (Å²) in [6.45, 7) is 4.74. The molecule has 0 aliphatic carbocycles. The summed E-state index contributed by atoms with van der Waals surface area (Å²) in [6.07, 6.45) is 1.02. The first-order valence-corrected chi connectivity index (χ1v) is 8.91. The third-order valence-corrected chi connectivity index (χ3v) is 4.98. The van der Waals surface area contributed by atoms with Crippen LogP contribution in [0.2, 0.25) is 5.02 Å². The molecule has 0 atom stereocenters. The minimum atomic E-state index is 0.784. The molecule has 1 saturated heterocycles. The fourth-order valence-electron chi connectivity index (χ4n) is 2.58. The van der Waals surface area contributed by atoms with E-state index in [1.165, 1.54) is 0 Å². The summed E-state index contributed by atoms with van der Waals surface area (Å²) in [5.74, 6) is 0.992. The molecule has 5 nitrogen and oxygen atoms in total. The number of nitrogens with one attached hydrogen (secondary N) is 2. The van der Waals surface area contributed by atoms with Gasteiger partial charge in [-0.2, -0.15) is 0 Å². The zero-order chi connectivity index (χ0) is 15.4. The molecular weight excluding hydrogens is 320 g/mol. The van der Waals surface area contributed by atoms with Crippen LogP contribution < -0.4 is 10.2 Å². The van der Waals surface area contributed by atoms with Crippen molar-refractivity contribution in [2.45, 2.75) is 11.6 Å². The number of benzene rings is 1. The molecule has 1 fully saturated rings. The minimum absolute atomic E-state index is 0.784. The number of nitrogens with zero attached hydrogens (tertiary/aromatic N) is 2. The highest BCUT2D eigenvalue weighted by molar-refractivity contribution is 7.99. The highest BCUT2D eigenvalue weighted by atomic mass is 35.5. The molecule has 120 valence electrons. The Kier molecular flexibility index (Phi) is 5.46. The minimum Gasteiger partial charge on any atom is -0.385 e. The lowest BCUT2D eigenvalue weighted by molar-refractivity contribution is 0.200. The Balaban J connectivity index is 1.76. The first kappa shape index (κ1) is 15.9. The molecule has 0 bridgehead atoms. The maximum Gasteiger partial charge on any atom is 0.166 e. The van der Waals surface area contributed by atoms with Gasteiger partial charge >= 0.3 is 0 Å². The summed E-state index contributed by atoms with van der Waals surface area (Å²) < 4.78 is 5.07. The van der Waals surface area contributed by atoms with Crippen molar-refractivity contribution in [2.24, 2.45) is 0 Å². The zero-order valence-corrected chi connectivity index (χ0v) is 14.3. The Hall–Kier alpha value is -0.950. The number of imidazole rings is 1. The molecule has 0 saturated carbocycles. The van der Waals surface area contributed by atoms with Gasteiger partial charge in [-0.25, -0.2) is 4.98 Å². The number of ether oxygens (including phenoxy) is 1. The number of fused-ring (bicyclic) bond motifs is 1. The van der Waals surface area contributed by atoms with Crippen LogP contribution in [0.25, 0.3) is 11.0 Å². The van der Waals surface area contributed by atoms with Crippen molar-refractivity contribution < 1.29 is 4.74 Å². The quantitative estimate of drug-likeness (QED) is 0.625. The normalized spacial score (nSPS) is 15.6. The number of H-pyrrole nitrogens is 1. The number of methoxy groups -OCH3 is 1. The molecule has 2 aromatic rings. The van der Waals surface area contributed by atoms with Crippen molar-refractivity contribution in [2.75, 3.05) is 50.5 Å². The van der Waals surface area contributed by atoms with E-state index in [1.54, 1.807) is 18.9 Å². The van der Waals surface area contributed by atoms with E-state index < -0.39 is 0 Å². The highest BCUT2D eigenvalue weighted by Gasteiger charge is 2.15. The smallest absolute Gasteiger partial charge is 0.166 e. The average Bonchev–Trinajstić information content (AvgIpc) is 2.93. The van der Waals surface area contributed by atoms with Crippen molar-refractivity contribution in [3.63, 3.8) is 0 Å². The van der Waals surface area contributed by atoms with Crippen molar-refractivity contribution in [3.05, 3.63) is 17.2 Å². The molecule has 0 spiro atoms. The Morgan fingerprint density at radius 3 is 2.95 bits per heavy atom. The first-order valence-electron chi connectivity index (χ1n) is 7.54. The van der Waals surface area contributed by atoms with Crippen molar-refractivity contribution in [1.82, 2.24) is 15.3 Å². The van der Waals surface area contributed by atoms with Gasteiger partial charge < -0.3 is 19.9 Å². The monoisotopic (exact) mass is 340 g/mol. The van der Waals surface area contributed by atoms with E-state index in [1.807, 2.05) is 6.07 Å². The van der Waals surface area contributed by atoms with Gasteiger partial charge in [-0.1, -0.05) is 23.4 Å². The fourth-order valence-corrected chi connectivity index (χ4v) is 3.67. The number of rotatable bonds is 6. The standard InChI is InChI=1S/C15H21ClN4OS/c1-21-7-2-8-22-15-18-12-9-11(16)14(10-13(12)19-15)20-5-3-17-4-6-20/h9-10,17H,2-8H2,1H3,(H,18,19). The van der Waals surface area contributed by atoms with Crippen LogP contribution in [-0.2, 0) is 4.74 Å². The highest BCUT2D eigenvalue weighted by Crippen LogP contribution is 2.31. The number of piperazine rings is 1. The van der Waals surface area contributed by atoms with E-state index in [9.17, 15) is 0 Å². The SMILES string of the molecule is COCCCSc1nc2cc(N3CCNCC3)c(Cl)cc2[nH]1. The molecule has 22 heavy (non-hydrogen) atoms. The number of halogens is 1. The maximum atomic E-state index is 6.46. The summed E-state index contributed by atoms with van der Waals surface area (Å²) in [5, 5.41) is 5.09. The third kappa shape index (κ3) is 3.68. The van der Waals surface area contributed by atoms with Crippen LogP contribution in [0, 0.1) is 0 Å². The molecule has 7 heteroatoms. The largest absolute Gasteiger partial charge is 0.385 e. The topological polar surface area (TPSA) is 53.2 Å². The maximum absolute atomic E-state index is 6.46. The predicted octanol–water partition coefficient (Wildman–Crippen LogP) is 2.75. The molecule has 1 aromatic carbocycles. The van der Waals surface area contributed by atoms with Crippen LogP contribution in [0.15, 0.2) is 17.3 Å². The number of aromatic nitrogens is 2. The van der Waals surface area contributed by atoms with E-state index in [4.69, 9.17) is 16.3 Å². The van der Waals surface area contributed by atoms with E-state index in [-0.39, 0.29) is 0 Å². The first-order chi connectivity index (χ1) is 10.8. The summed E-state index contributed by atoms with van der Waals surface area (Å²) >= 11 is 8.18. The van der Waals surface area contributed by atoms with Crippen molar-refractivity contribution in [3.8, 4) is 0 Å². The van der Waals surface area contributed by atoms with E-state index in [2.05, 4.69) is 26.3 Å². The van der Waals surface area contributed by atoms with Crippen LogP contribution in [0.5, 0.6) is 0 Å². The molecule has 3 rings (SSSR count). The molecule has 1 aliphatic rings. The van der Waals surface area contributed by atoms with Crippen LogP contribution in [0.1, 0.15) is 6.42 Å². The second-order valence-corrected chi connectivity index (χ2v) is 6.79. The summed E-state index contributed by atoms with van der Waals surface area (Å²) in [5.41, 5.74) is 3.06. The number of aromatic amines is 1. The van der Waals surface area contributed by atoms with Crippen molar-refractivity contribution >= 4 is 40.1 Å².